The van der Waals surface area contributed by atoms with Crippen LogP contribution in [0.2, 0.25) is 0 Å². The third-order valence-electron chi connectivity index (χ3n) is 4.59. The maximum Gasteiger partial charge on any atom is 0.340 e. The van der Waals surface area contributed by atoms with Crippen molar-refractivity contribution in [3.63, 3.8) is 0 Å². The van der Waals surface area contributed by atoms with Gasteiger partial charge in [-0.15, -0.1) is 10.2 Å². The van der Waals surface area contributed by atoms with Crippen molar-refractivity contribution in [2.75, 3.05) is 39.4 Å². The number of carbonyl (C=O) groups is 2. The summed E-state index contributed by atoms with van der Waals surface area (Å²) in [5.74, 6) is -0.842. The first-order valence-electron chi connectivity index (χ1n) is 10.5. The van der Waals surface area contributed by atoms with Crippen LogP contribution >= 0.6 is 0 Å². The number of esters is 2. The minimum atomic E-state index is -0.421. The molecule has 0 aromatic heterocycles. The Labute approximate surface area is 186 Å². The molecule has 0 radical (unpaired) electrons. The number of rotatable bonds is 8. The minimum Gasteiger partial charge on any atom is -0.462 e. The standard InChI is InChI=1S/C22H26N6O4/c1-3-31-21(29)17-9-5-7-11-19(17)23-25-27-13-15-28(16-14-27)26-24-20-12-8-6-10-18(20)22(30)32-4-2/h5-12H,3-4,13-16H2,1-2H3. The van der Waals surface area contributed by atoms with Gasteiger partial charge in [0.1, 0.15) is 11.4 Å². The summed E-state index contributed by atoms with van der Waals surface area (Å²) in [5, 5.41) is 20.6. The highest BCUT2D eigenvalue weighted by atomic mass is 16.5. The molecular weight excluding hydrogens is 412 g/mol. The predicted molar refractivity (Wildman–Crippen MR) is 117 cm³/mol. The lowest BCUT2D eigenvalue weighted by Crippen LogP contribution is -2.41. The van der Waals surface area contributed by atoms with Crippen LogP contribution in [0.15, 0.2) is 69.2 Å². The lowest BCUT2D eigenvalue weighted by atomic mass is 10.2. The van der Waals surface area contributed by atoms with E-state index in [9.17, 15) is 9.59 Å². The van der Waals surface area contributed by atoms with Crippen molar-refractivity contribution in [3.05, 3.63) is 59.7 Å². The van der Waals surface area contributed by atoms with Crippen LogP contribution in [0.4, 0.5) is 11.4 Å². The molecule has 1 aliphatic rings. The van der Waals surface area contributed by atoms with Crippen LogP contribution in [0, 0.1) is 0 Å². The fourth-order valence-electron chi connectivity index (χ4n) is 2.97. The van der Waals surface area contributed by atoms with Crippen LogP contribution < -0.4 is 0 Å². The number of hydrogen-bond donors (Lipinski definition) is 0. The van der Waals surface area contributed by atoms with Crippen molar-refractivity contribution < 1.29 is 19.1 Å². The maximum atomic E-state index is 12.1. The van der Waals surface area contributed by atoms with Gasteiger partial charge < -0.3 is 9.47 Å². The first-order chi connectivity index (χ1) is 15.6. The molecule has 0 spiro atoms. The Balaban J connectivity index is 1.58. The second-order valence-corrected chi connectivity index (χ2v) is 6.76. The molecule has 3 rings (SSSR count). The van der Waals surface area contributed by atoms with Gasteiger partial charge in [-0.2, -0.15) is 0 Å². The summed E-state index contributed by atoms with van der Waals surface area (Å²) in [7, 11) is 0. The minimum absolute atomic E-state index is 0.297. The van der Waals surface area contributed by atoms with Gasteiger partial charge in [-0.25, -0.2) is 9.59 Å². The first-order valence-corrected chi connectivity index (χ1v) is 10.5. The van der Waals surface area contributed by atoms with Gasteiger partial charge in [0.25, 0.3) is 0 Å². The van der Waals surface area contributed by atoms with Gasteiger partial charge in [0.2, 0.25) is 0 Å². The quantitative estimate of drug-likeness (QED) is 0.448. The van der Waals surface area contributed by atoms with Crippen molar-refractivity contribution >= 4 is 23.3 Å². The highest BCUT2D eigenvalue weighted by Crippen LogP contribution is 2.22. The second-order valence-electron chi connectivity index (χ2n) is 6.76. The van der Waals surface area contributed by atoms with Gasteiger partial charge in [-0.05, 0) is 38.1 Å². The smallest absolute Gasteiger partial charge is 0.340 e. The zero-order valence-corrected chi connectivity index (χ0v) is 18.2. The SMILES string of the molecule is CCOC(=O)c1ccccc1N=NN1CCN(N=Nc2ccccc2C(=O)OCC)CC1. The highest BCUT2D eigenvalue weighted by molar-refractivity contribution is 5.95. The Morgan fingerprint density at radius 1 is 0.719 bits per heavy atom. The lowest BCUT2D eigenvalue weighted by molar-refractivity contribution is 0.0517. The topological polar surface area (TPSA) is 109 Å². The fraction of sp³-hybridized carbons (Fsp3) is 0.364. The van der Waals surface area contributed by atoms with Crippen LogP contribution in [0.1, 0.15) is 34.6 Å². The molecule has 10 nitrogen and oxygen atoms in total. The zero-order valence-electron chi connectivity index (χ0n) is 18.2. The monoisotopic (exact) mass is 438 g/mol. The summed E-state index contributed by atoms with van der Waals surface area (Å²) in [5.41, 5.74) is 1.68. The van der Waals surface area contributed by atoms with E-state index >= 15 is 0 Å². The highest BCUT2D eigenvalue weighted by Gasteiger charge is 2.17. The van der Waals surface area contributed by atoms with Crippen LogP contribution in [0.3, 0.4) is 0 Å². The molecule has 1 fully saturated rings. The summed E-state index contributed by atoms with van der Waals surface area (Å²) >= 11 is 0. The third kappa shape index (κ3) is 6.10. The lowest BCUT2D eigenvalue weighted by Gasteiger charge is -2.29. The van der Waals surface area contributed by atoms with Crippen molar-refractivity contribution in [3.8, 4) is 0 Å². The molecule has 1 heterocycles. The molecule has 0 N–H and O–H groups in total. The molecule has 168 valence electrons. The Bertz CT molecular complexity index is 906. The van der Waals surface area contributed by atoms with Gasteiger partial charge in [-0.3, -0.25) is 10.0 Å². The number of ether oxygens (including phenoxy) is 2. The van der Waals surface area contributed by atoms with Crippen molar-refractivity contribution in [2.45, 2.75) is 13.8 Å². The number of nitrogens with zero attached hydrogens (tertiary/aromatic N) is 6. The zero-order chi connectivity index (χ0) is 22.8. The number of carbonyl (C=O) groups excluding carboxylic acids is 2. The average molecular weight is 438 g/mol. The first kappa shape index (κ1) is 22.9. The van der Waals surface area contributed by atoms with E-state index < -0.39 is 11.9 Å². The van der Waals surface area contributed by atoms with Crippen LogP contribution in [-0.4, -0.2) is 61.3 Å². The summed E-state index contributed by atoms with van der Waals surface area (Å²) < 4.78 is 10.1. The van der Waals surface area contributed by atoms with Crippen LogP contribution in [0.5, 0.6) is 0 Å². The largest absolute Gasteiger partial charge is 0.462 e. The predicted octanol–water partition coefficient (Wildman–Crippen LogP) is 4.36. The van der Waals surface area contributed by atoms with E-state index in [0.717, 1.165) is 0 Å². The molecule has 0 aliphatic carbocycles. The summed E-state index contributed by atoms with van der Waals surface area (Å²) in [6, 6.07) is 13.9. The van der Waals surface area contributed by atoms with E-state index in [2.05, 4.69) is 20.7 Å². The van der Waals surface area contributed by atoms with E-state index in [4.69, 9.17) is 9.47 Å². The number of hydrogen-bond acceptors (Lipinski definition) is 8. The molecule has 0 bridgehead atoms. The van der Waals surface area contributed by atoms with Crippen molar-refractivity contribution in [1.29, 1.82) is 0 Å². The van der Waals surface area contributed by atoms with Gasteiger partial charge in [-0.1, -0.05) is 34.7 Å². The maximum absolute atomic E-state index is 12.1. The van der Waals surface area contributed by atoms with E-state index in [1.807, 2.05) is 0 Å². The molecule has 1 saturated heterocycles. The van der Waals surface area contributed by atoms with Crippen molar-refractivity contribution in [1.82, 2.24) is 10.0 Å². The van der Waals surface area contributed by atoms with E-state index in [0.29, 0.717) is 61.9 Å². The molecule has 10 heteroatoms. The van der Waals surface area contributed by atoms with Crippen LogP contribution in [0.25, 0.3) is 0 Å². The summed E-state index contributed by atoms with van der Waals surface area (Å²) in [4.78, 5) is 24.1. The molecule has 2 aromatic carbocycles. The summed E-state index contributed by atoms with van der Waals surface area (Å²) in [6.07, 6.45) is 0. The molecule has 0 atom stereocenters. The Hall–Kier alpha value is -3.82. The van der Waals surface area contributed by atoms with Gasteiger partial charge >= 0.3 is 11.9 Å². The fourth-order valence-corrected chi connectivity index (χ4v) is 2.97. The van der Waals surface area contributed by atoms with Gasteiger partial charge in [0.15, 0.2) is 0 Å². The number of piperazine rings is 1. The molecular formula is C22H26N6O4. The van der Waals surface area contributed by atoms with Crippen molar-refractivity contribution in [2.24, 2.45) is 20.7 Å². The average Bonchev–Trinajstić information content (AvgIpc) is 2.83. The Kier molecular flexibility index (Phi) is 8.24. The molecule has 32 heavy (non-hydrogen) atoms. The number of benzene rings is 2. The molecule has 0 saturated carbocycles. The Morgan fingerprint density at radius 2 is 1.09 bits per heavy atom. The third-order valence-corrected chi connectivity index (χ3v) is 4.59. The molecule has 0 amide bonds. The molecule has 0 unspecified atom stereocenters. The second kappa shape index (κ2) is 11.5. The van der Waals surface area contributed by atoms with E-state index in [-0.39, 0.29) is 0 Å². The summed E-state index contributed by atoms with van der Waals surface area (Å²) in [6.45, 7) is 6.46. The van der Waals surface area contributed by atoms with E-state index in [1.165, 1.54) is 0 Å². The van der Waals surface area contributed by atoms with Crippen LogP contribution in [-0.2, 0) is 9.47 Å². The Morgan fingerprint density at radius 3 is 1.47 bits per heavy atom. The molecule has 2 aromatic rings. The molecule has 1 aliphatic heterocycles. The normalized spacial score (nSPS) is 14.2. The van der Waals surface area contributed by atoms with Gasteiger partial charge in [0, 0.05) is 0 Å². The van der Waals surface area contributed by atoms with E-state index in [1.54, 1.807) is 72.4 Å². The van der Waals surface area contributed by atoms with Gasteiger partial charge in [0.05, 0.1) is 50.5 Å².